The smallest absolute Gasteiger partial charge is 0.247 e. The van der Waals surface area contributed by atoms with Crippen LogP contribution in [0.15, 0.2) is 60.7 Å². The van der Waals surface area contributed by atoms with Crippen molar-refractivity contribution in [3.63, 3.8) is 0 Å². The molecule has 0 unspecified atom stereocenters. The van der Waals surface area contributed by atoms with Crippen LogP contribution in [-0.4, -0.2) is 24.5 Å². The van der Waals surface area contributed by atoms with Crippen LogP contribution in [0.5, 0.6) is 5.75 Å². The molecule has 0 aliphatic heterocycles. The number of terminal acetylenes is 1. The quantitative estimate of drug-likeness (QED) is 0.605. The third-order valence-corrected chi connectivity index (χ3v) is 3.34. The second-order valence-corrected chi connectivity index (χ2v) is 4.99. The number of benzene rings is 2. The Bertz CT molecular complexity index is 697. The minimum Gasteiger partial charge on any atom is -0.497 e. The molecule has 0 heterocycles. The Kier molecular flexibility index (Phi) is 6.02. The Morgan fingerprint density at radius 2 is 1.87 bits per heavy atom. The predicted molar refractivity (Wildman–Crippen MR) is 92.7 cm³/mol. The Morgan fingerprint density at radius 1 is 1.17 bits per heavy atom. The lowest BCUT2D eigenvalue weighted by molar-refractivity contribution is -0.125. The first-order valence-electron chi connectivity index (χ1n) is 7.31. The lowest BCUT2D eigenvalue weighted by Gasteiger charge is -2.18. The molecule has 3 heteroatoms. The Labute approximate surface area is 137 Å². The van der Waals surface area contributed by atoms with E-state index < -0.39 is 0 Å². The molecule has 0 saturated carbocycles. The van der Waals surface area contributed by atoms with E-state index >= 15 is 0 Å². The van der Waals surface area contributed by atoms with E-state index in [1.165, 1.54) is 0 Å². The number of carbonyl (C=O) groups excluding carboxylic acids is 1. The van der Waals surface area contributed by atoms with Gasteiger partial charge in [-0.2, -0.15) is 0 Å². The van der Waals surface area contributed by atoms with Crippen LogP contribution in [0.1, 0.15) is 11.1 Å². The standard InChI is InChI=1S/C20H19NO2/c1-3-15-21(16-18-7-5-4-6-8-18)20(22)14-11-17-9-12-19(23-2)13-10-17/h1,4-14H,15-16H2,2H3/b14-11+. The average Bonchev–Trinajstić information content (AvgIpc) is 2.60. The van der Waals surface area contributed by atoms with Gasteiger partial charge in [0, 0.05) is 12.6 Å². The lowest BCUT2D eigenvalue weighted by Crippen LogP contribution is -2.29. The molecule has 1 amide bonds. The van der Waals surface area contributed by atoms with Gasteiger partial charge in [-0.3, -0.25) is 4.79 Å². The van der Waals surface area contributed by atoms with Crippen LogP contribution < -0.4 is 4.74 Å². The zero-order chi connectivity index (χ0) is 16.5. The summed E-state index contributed by atoms with van der Waals surface area (Å²) in [5.41, 5.74) is 1.98. The fourth-order valence-corrected chi connectivity index (χ4v) is 2.11. The van der Waals surface area contributed by atoms with Gasteiger partial charge in [0.2, 0.25) is 5.91 Å². The molecule has 2 aromatic rings. The highest BCUT2D eigenvalue weighted by Gasteiger charge is 2.09. The summed E-state index contributed by atoms with van der Waals surface area (Å²) in [6.07, 6.45) is 8.70. The maximum Gasteiger partial charge on any atom is 0.247 e. The van der Waals surface area contributed by atoms with Crippen molar-refractivity contribution in [2.45, 2.75) is 6.54 Å². The molecular weight excluding hydrogens is 286 g/mol. The molecule has 0 aromatic heterocycles. The molecule has 0 radical (unpaired) electrons. The van der Waals surface area contributed by atoms with E-state index in [9.17, 15) is 4.79 Å². The van der Waals surface area contributed by atoms with Gasteiger partial charge in [0.15, 0.2) is 0 Å². The maximum atomic E-state index is 12.4. The SMILES string of the molecule is C#CCN(Cc1ccccc1)C(=O)/C=C/c1ccc(OC)cc1. The van der Waals surface area contributed by atoms with Crippen LogP contribution in [0, 0.1) is 12.3 Å². The minimum absolute atomic E-state index is 0.109. The van der Waals surface area contributed by atoms with Gasteiger partial charge in [0.05, 0.1) is 13.7 Å². The summed E-state index contributed by atoms with van der Waals surface area (Å²) in [7, 11) is 1.62. The first-order chi connectivity index (χ1) is 11.2. The Morgan fingerprint density at radius 3 is 2.48 bits per heavy atom. The summed E-state index contributed by atoms with van der Waals surface area (Å²) >= 11 is 0. The van der Waals surface area contributed by atoms with Crippen molar-refractivity contribution < 1.29 is 9.53 Å². The summed E-state index contributed by atoms with van der Waals surface area (Å²) in [6, 6.07) is 17.3. The molecule has 0 N–H and O–H groups in total. The fraction of sp³-hybridized carbons (Fsp3) is 0.150. The number of rotatable bonds is 6. The van der Waals surface area contributed by atoms with Gasteiger partial charge in [0.25, 0.3) is 0 Å². The first-order valence-corrected chi connectivity index (χ1v) is 7.31. The number of amides is 1. The summed E-state index contributed by atoms with van der Waals surface area (Å²) in [5.74, 6) is 3.21. The molecule has 0 bridgehead atoms. The maximum absolute atomic E-state index is 12.4. The first kappa shape index (κ1) is 16.4. The molecule has 3 nitrogen and oxygen atoms in total. The van der Waals surface area contributed by atoms with Crippen molar-refractivity contribution in [3.8, 4) is 18.1 Å². The van der Waals surface area contributed by atoms with E-state index in [2.05, 4.69) is 5.92 Å². The monoisotopic (exact) mass is 305 g/mol. The average molecular weight is 305 g/mol. The van der Waals surface area contributed by atoms with Gasteiger partial charge in [0.1, 0.15) is 5.75 Å². The molecule has 0 aliphatic rings. The molecular formula is C20H19NO2. The Hall–Kier alpha value is -2.99. The van der Waals surface area contributed by atoms with Crippen molar-refractivity contribution in [2.24, 2.45) is 0 Å². The fourth-order valence-electron chi connectivity index (χ4n) is 2.11. The lowest BCUT2D eigenvalue weighted by atomic mass is 10.2. The van der Waals surface area contributed by atoms with E-state index in [0.29, 0.717) is 6.54 Å². The number of hydrogen-bond donors (Lipinski definition) is 0. The highest BCUT2D eigenvalue weighted by atomic mass is 16.5. The van der Waals surface area contributed by atoms with Gasteiger partial charge in [-0.15, -0.1) is 6.42 Å². The zero-order valence-corrected chi connectivity index (χ0v) is 13.1. The van der Waals surface area contributed by atoms with Crippen molar-refractivity contribution >= 4 is 12.0 Å². The molecule has 2 rings (SSSR count). The van der Waals surface area contributed by atoms with Crippen molar-refractivity contribution in [2.75, 3.05) is 13.7 Å². The van der Waals surface area contributed by atoms with Crippen molar-refractivity contribution in [1.29, 1.82) is 0 Å². The van der Waals surface area contributed by atoms with Gasteiger partial charge in [-0.25, -0.2) is 0 Å². The van der Waals surface area contributed by atoms with Gasteiger partial charge >= 0.3 is 0 Å². The predicted octanol–water partition coefficient (Wildman–Crippen LogP) is 3.37. The third-order valence-electron chi connectivity index (χ3n) is 3.34. The van der Waals surface area contributed by atoms with Crippen LogP contribution in [-0.2, 0) is 11.3 Å². The van der Waals surface area contributed by atoms with Crippen molar-refractivity contribution in [3.05, 3.63) is 71.8 Å². The van der Waals surface area contributed by atoms with E-state index in [4.69, 9.17) is 11.2 Å². The van der Waals surface area contributed by atoms with E-state index in [-0.39, 0.29) is 12.5 Å². The van der Waals surface area contributed by atoms with E-state index in [0.717, 1.165) is 16.9 Å². The van der Waals surface area contributed by atoms with Crippen molar-refractivity contribution in [1.82, 2.24) is 4.90 Å². The summed E-state index contributed by atoms with van der Waals surface area (Å²) in [6.45, 7) is 0.775. The van der Waals surface area contributed by atoms with Crippen LogP contribution >= 0.6 is 0 Å². The molecule has 0 saturated heterocycles. The molecule has 0 aliphatic carbocycles. The third kappa shape index (κ3) is 5.05. The second-order valence-electron chi connectivity index (χ2n) is 4.99. The number of ether oxygens (including phenoxy) is 1. The number of nitrogens with zero attached hydrogens (tertiary/aromatic N) is 1. The summed E-state index contributed by atoms with van der Waals surface area (Å²) in [5, 5.41) is 0. The van der Waals surface area contributed by atoms with Crippen LogP contribution in [0.4, 0.5) is 0 Å². The molecule has 116 valence electrons. The largest absolute Gasteiger partial charge is 0.497 e. The van der Waals surface area contributed by atoms with E-state index in [1.54, 1.807) is 24.2 Å². The van der Waals surface area contributed by atoms with Gasteiger partial charge in [-0.1, -0.05) is 48.4 Å². The van der Waals surface area contributed by atoms with Gasteiger partial charge in [-0.05, 0) is 29.3 Å². The summed E-state index contributed by atoms with van der Waals surface area (Å²) < 4.78 is 5.11. The van der Waals surface area contributed by atoms with Crippen LogP contribution in [0.3, 0.4) is 0 Å². The zero-order valence-electron chi connectivity index (χ0n) is 13.1. The minimum atomic E-state index is -0.109. The molecule has 2 aromatic carbocycles. The van der Waals surface area contributed by atoms with Gasteiger partial charge < -0.3 is 9.64 Å². The highest BCUT2D eigenvalue weighted by molar-refractivity contribution is 5.91. The number of hydrogen-bond acceptors (Lipinski definition) is 2. The van der Waals surface area contributed by atoms with Crippen LogP contribution in [0.25, 0.3) is 6.08 Å². The molecule has 0 fully saturated rings. The number of carbonyl (C=O) groups is 1. The second kappa shape index (κ2) is 8.45. The molecule has 23 heavy (non-hydrogen) atoms. The molecule has 0 atom stereocenters. The van der Waals surface area contributed by atoms with E-state index in [1.807, 2.05) is 54.6 Å². The Balaban J connectivity index is 2.05. The topological polar surface area (TPSA) is 29.5 Å². The highest BCUT2D eigenvalue weighted by Crippen LogP contribution is 2.13. The molecule has 0 spiro atoms. The normalized spacial score (nSPS) is 10.3. The van der Waals surface area contributed by atoms with Crippen LogP contribution in [0.2, 0.25) is 0 Å². The summed E-state index contributed by atoms with van der Waals surface area (Å²) in [4.78, 5) is 14.0. The number of methoxy groups -OCH3 is 1.